The molecule has 3 aromatic heterocycles. The van der Waals surface area contributed by atoms with Crippen molar-refractivity contribution in [3.8, 4) is 0 Å². The van der Waals surface area contributed by atoms with Gasteiger partial charge in [0.05, 0.1) is 30.2 Å². The number of aliphatic hydroxyl groups excluding tert-OH is 1. The summed E-state index contributed by atoms with van der Waals surface area (Å²) in [4.78, 5) is 21.8. The average Bonchev–Trinajstić information content (AvgIpc) is 3.07. The van der Waals surface area contributed by atoms with E-state index >= 15 is 0 Å². The number of aliphatic hydroxyl groups is 1. The first-order chi connectivity index (χ1) is 12.0. The maximum atomic E-state index is 12.2. The normalized spacial score (nSPS) is 16.8. The highest BCUT2D eigenvalue weighted by Crippen LogP contribution is 2.18. The number of nitrogens with zero attached hydrogens (tertiary/aromatic N) is 6. The zero-order valence-electron chi connectivity index (χ0n) is 14.3. The zero-order valence-corrected chi connectivity index (χ0v) is 14.3. The van der Waals surface area contributed by atoms with Crippen LogP contribution in [0.25, 0.3) is 11.0 Å². The van der Waals surface area contributed by atoms with Crippen LogP contribution >= 0.6 is 0 Å². The van der Waals surface area contributed by atoms with Gasteiger partial charge in [-0.05, 0) is 19.4 Å². The van der Waals surface area contributed by atoms with Crippen LogP contribution in [-0.2, 0) is 26.7 Å². The van der Waals surface area contributed by atoms with Gasteiger partial charge in [-0.15, -0.1) is 0 Å². The maximum absolute atomic E-state index is 12.2. The standard InChI is InChI=1S/C16H21N7O2/c1-10(24)13-6-11-8-22(4-3-5-23(11)20-13)9-14-18-15-12(16(25)19-14)7-17-21(15)2/h6-7,10,24H,3-5,8-9H2,1-2H3,(H,18,19,25)/t10-/m1/s1. The number of aryl methyl sites for hydroxylation is 2. The molecule has 1 atom stereocenters. The molecule has 9 heteroatoms. The van der Waals surface area contributed by atoms with Gasteiger partial charge in [0.15, 0.2) is 5.65 Å². The second kappa shape index (κ2) is 6.08. The van der Waals surface area contributed by atoms with Crippen LogP contribution in [0.4, 0.5) is 0 Å². The third-order valence-electron chi connectivity index (χ3n) is 4.56. The van der Waals surface area contributed by atoms with Gasteiger partial charge in [0.25, 0.3) is 5.56 Å². The number of rotatable bonds is 3. The monoisotopic (exact) mass is 343 g/mol. The van der Waals surface area contributed by atoms with Gasteiger partial charge in [0.2, 0.25) is 0 Å². The van der Waals surface area contributed by atoms with Gasteiger partial charge < -0.3 is 10.1 Å². The molecule has 0 spiro atoms. The van der Waals surface area contributed by atoms with Crippen molar-refractivity contribution in [3.63, 3.8) is 0 Å². The van der Waals surface area contributed by atoms with Crippen molar-refractivity contribution >= 4 is 11.0 Å². The molecule has 25 heavy (non-hydrogen) atoms. The lowest BCUT2D eigenvalue weighted by Crippen LogP contribution is -2.25. The Labute approximate surface area is 143 Å². The van der Waals surface area contributed by atoms with E-state index in [0.717, 1.165) is 25.2 Å². The van der Waals surface area contributed by atoms with Crippen LogP contribution in [0.3, 0.4) is 0 Å². The minimum atomic E-state index is -0.571. The summed E-state index contributed by atoms with van der Waals surface area (Å²) in [7, 11) is 1.78. The largest absolute Gasteiger partial charge is 0.387 e. The average molecular weight is 343 g/mol. The van der Waals surface area contributed by atoms with E-state index in [9.17, 15) is 9.90 Å². The number of nitrogens with one attached hydrogen (secondary N) is 1. The molecule has 4 rings (SSSR count). The Balaban J connectivity index is 1.60. The summed E-state index contributed by atoms with van der Waals surface area (Å²) in [6.07, 6.45) is 1.91. The fourth-order valence-electron chi connectivity index (χ4n) is 3.25. The number of hydrogen-bond acceptors (Lipinski definition) is 6. The van der Waals surface area contributed by atoms with Crippen molar-refractivity contribution in [2.24, 2.45) is 7.05 Å². The molecule has 1 aliphatic heterocycles. The first-order valence-electron chi connectivity index (χ1n) is 8.39. The van der Waals surface area contributed by atoms with Gasteiger partial charge in [-0.2, -0.15) is 10.2 Å². The van der Waals surface area contributed by atoms with Crippen molar-refractivity contribution < 1.29 is 5.11 Å². The van der Waals surface area contributed by atoms with Crippen LogP contribution in [0.15, 0.2) is 17.1 Å². The SMILES string of the molecule is C[C@@H](O)c1cc2n(n1)CCCN(Cc1nc3c(cnn3C)c(=O)[nH]1)C2. The highest BCUT2D eigenvalue weighted by atomic mass is 16.3. The quantitative estimate of drug-likeness (QED) is 0.709. The zero-order chi connectivity index (χ0) is 17.6. The Hall–Kier alpha value is -2.52. The Morgan fingerprint density at radius 1 is 1.40 bits per heavy atom. The second-order valence-corrected chi connectivity index (χ2v) is 6.54. The summed E-state index contributed by atoms with van der Waals surface area (Å²) >= 11 is 0. The summed E-state index contributed by atoms with van der Waals surface area (Å²) in [6, 6.07) is 1.95. The van der Waals surface area contributed by atoms with E-state index < -0.39 is 6.10 Å². The third kappa shape index (κ3) is 2.96. The summed E-state index contributed by atoms with van der Waals surface area (Å²) in [5.74, 6) is 0.629. The van der Waals surface area contributed by atoms with Gasteiger partial charge in [0, 0.05) is 26.7 Å². The van der Waals surface area contributed by atoms with Crippen LogP contribution in [-0.4, -0.2) is 46.1 Å². The Morgan fingerprint density at radius 3 is 3.04 bits per heavy atom. The number of aromatic nitrogens is 6. The lowest BCUT2D eigenvalue weighted by Gasteiger charge is -2.18. The minimum absolute atomic E-state index is 0.163. The Bertz CT molecular complexity index is 969. The lowest BCUT2D eigenvalue weighted by molar-refractivity contribution is 0.193. The van der Waals surface area contributed by atoms with E-state index in [2.05, 4.69) is 25.1 Å². The van der Waals surface area contributed by atoms with Crippen LogP contribution < -0.4 is 5.56 Å². The van der Waals surface area contributed by atoms with Gasteiger partial charge >= 0.3 is 0 Å². The van der Waals surface area contributed by atoms with Crippen LogP contribution in [0.2, 0.25) is 0 Å². The fraction of sp³-hybridized carbons (Fsp3) is 0.500. The van der Waals surface area contributed by atoms with Gasteiger partial charge in [-0.25, -0.2) is 4.98 Å². The first-order valence-corrected chi connectivity index (χ1v) is 8.39. The number of aromatic amines is 1. The molecule has 3 aromatic rings. The predicted molar refractivity (Wildman–Crippen MR) is 90.7 cm³/mol. The van der Waals surface area contributed by atoms with Crippen molar-refractivity contribution in [2.45, 2.75) is 39.1 Å². The van der Waals surface area contributed by atoms with Crippen LogP contribution in [0.1, 0.15) is 36.7 Å². The molecule has 0 radical (unpaired) electrons. The fourth-order valence-corrected chi connectivity index (χ4v) is 3.25. The highest BCUT2D eigenvalue weighted by molar-refractivity contribution is 5.72. The molecule has 4 heterocycles. The molecule has 132 valence electrons. The molecule has 0 aromatic carbocycles. The van der Waals surface area contributed by atoms with E-state index in [1.807, 2.05) is 10.7 Å². The van der Waals surface area contributed by atoms with Crippen molar-refractivity contribution in [1.82, 2.24) is 34.4 Å². The molecule has 0 unspecified atom stereocenters. The molecule has 0 aliphatic carbocycles. The molecule has 9 nitrogen and oxygen atoms in total. The van der Waals surface area contributed by atoms with E-state index in [1.165, 1.54) is 6.20 Å². The van der Waals surface area contributed by atoms with Gasteiger partial charge in [-0.1, -0.05) is 0 Å². The summed E-state index contributed by atoms with van der Waals surface area (Å²) in [5, 5.41) is 18.8. The molecule has 0 saturated carbocycles. The van der Waals surface area contributed by atoms with E-state index in [1.54, 1.807) is 18.7 Å². The molecule has 0 bridgehead atoms. The number of fused-ring (bicyclic) bond motifs is 2. The van der Waals surface area contributed by atoms with Gasteiger partial charge in [-0.3, -0.25) is 19.1 Å². The summed E-state index contributed by atoms with van der Waals surface area (Å²) in [5.41, 5.74) is 2.19. The Kier molecular flexibility index (Phi) is 3.89. The summed E-state index contributed by atoms with van der Waals surface area (Å²) in [6.45, 7) is 4.68. The molecule has 1 aliphatic rings. The van der Waals surface area contributed by atoms with E-state index in [-0.39, 0.29) is 5.56 Å². The van der Waals surface area contributed by atoms with Crippen molar-refractivity contribution in [3.05, 3.63) is 39.8 Å². The summed E-state index contributed by atoms with van der Waals surface area (Å²) < 4.78 is 3.57. The van der Waals surface area contributed by atoms with Gasteiger partial charge in [0.1, 0.15) is 11.2 Å². The molecule has 2 N–H and O–H groups in total. The lowest BCUT2D eigenvalue weighted by atomic mass is 10.2. The smallest absolute Gasteiger partial charge is 0.262 e. The maximum Gasteiger partial charge on any atom is 0.262 e. The highest BCUT2D eigenvalue weighted by Gasteiger charge is 2.19. The molecular formula is C16H21N7O2. The molecular weight excluding hydrogens is 322 g/mol. The molecule has 0 amide bonds. The van der Waals surface area contributed by atoms with E-state index in [4.69, 9.17) is 0 Å². The second-order valence-electron chi connectivity index (χ2n) is 6.54. The predicted octanol–water partition coefficient (Wildman–Crippen LogP) is 0.312. The van der Waals surface area contributed by atoms with E-state index in [0.29, 0.717) is 35.6 Å². The molecule has 0 fully saturated rings. The number of H-pyrrole nitrogens is 1. The first kappa shape index (κ1) is 16.0. The van der Waals surface area contributed by atoms with Crippen molar-refractivity contribution in [2.75, 3.05) is 6.54 Å². The minimum Gasteiger partial charge on any atom is -0.387 e. The van der Waals surface area contributed by atoms with Crippen LogP contribution in [0, 0.1) is 0 Å². The Morgan fingerprint density at radius 2 is 2.24 bits per heavy atom. The number of hydrogen-bond donors (Lipinski definition) is 2. The van der Waals surface area contributed by atoms with Crippen LogP contribution in [0.5, 0.6) is 0 Å². The molecule has 0 saturated heterocycles. The van der Waals surface area contributed by atoms with Crippen molar-refractivity contribution in [1.29, 1.82) is 0 Å². The third-order valence-corrected chi connectivity index (χ3v) is 4.56. The topological polar surface area (TPSA) is 105 Å².